The van der Waals surface area contributed by atoms with E-state index in [9.17, 15) is 9.59 Å². The molecule has 0 saturated heterocycles. The second-order valence-electron chi connectivity index (χ2n) is 6.56. The Labute approximate surface area is 147 Å². The summed E-state index contributed by atoms with van der Waals surface area (Å²) in [6.07, 6.45) is 1.97. The summed E-state index contributed by atoms with van der Waals surface area (Å²) >= 11 is 0. The molecule has 5 heteroatoms. The second-order valence-corrected chi connectivity index (χ2v) is 6.56. The number of benzene rings is 2. The van der Waals surface area contributed by atoms with E-state index in [0.717, 1.165) is 35.5 Å². The Bertz CT molecular complexity index is 780. The van der Waals surface area contributed by atoms with E-state index in [-0.39, 0.29) is 24.3 Å². The highest BCUT2D eigenvalue weighted by Gasteiger charge is 2.29. The minimum atomic E-state index is -0.0990. The molecule has 2 aromatic carbocycles. The van der Waals surface area contributed by atoms with E-state index in [1.165, 1.54) is 5.56 Å². The molecule has 3 N–H and O–H groups in total. The molecule has 0 bridgehead atoms. The molecule has 1 saturated carbocycles. The normalized spacial score (nSPS) is 13.2. The summed E-state index contributed by atoms with van der Waals surface area (Å²) in [4.78, 5) is 23.8. The lowest BCUT2D eigenvalue weighted by atomic mass is 10.1. The van der Waals surface area contributed by atoms with Crippen molar-refractivity contribution in [1.82, 2.24) is 0 Å². The average Bonchev–Trinajstić information content (AvgIpc) is 3.42. The van der Waals surface area contributed by atoms with Crippen molar-refractivity contribution in [1.29, 1.82) is 0 Å². The molecule has 130 valence electrons. The maximum Gasteiger partial charge on any atom is 0.243 e. The van der Waals surface area contributed by atoms with Crippen molar-refractivity contribution in [3.63, 3.8) is 0 Å². The van der Waals surface area contributed by atoms with Crippen LogP contribution in [0.15, 0.2) is 42.5 Å². The monoisotopic (exact) mass is 337 g/mol. The van der Waals surface area contributed by atoms with Gasteiger partial charge in [0.2, 0.25) is 11.8 Å². The number of hydrogen-bond donors (Lipinski definition) is 3. The lowest BCUT2D eigenvalue weighted by Gasteiger charge is -2.11. The minimum absolute atomic E-state index is 0.0913. The van der Waals surface area contributed by atoms with Crippen LogP contribution in [0.1, 0.15) is 24.0 Å². The SMILES string of the molecule is Cc1ccc(NC(=O)CNc2ccc(NC(=O)C3CC3)cc2)c(C)c1. The minimum Gasteiger partial charge on any atom is -0.376 e. The van der Waals surface area contributed by atoms with Crippen LogP contribution in [0.3, 0.4) is 0 Å². The summed E-state index contributed by atoms with van der Waals surface area (Å²) in [5.41, 5.74) is 4.66. The van der Waals surface area contributed by atoms with Gasteiger partial charge in [0.1, 0.15) is 0 Å². The average molecular weight is 337 g/mol. The van der Waals surface area contributed by atoms with Crippen molar-refractivity contribution >= 4 is 28.9 Å². The van der Waals surface area contributed by atoms with E-state index >= 15 is 0 Å². The Morgan fingerprint density at radius 3 is 2.28 bits per heavy atom. The van der Waals surface area contributed by atoms with Crippen molar-refractivity contribution in [2.75, 3.05) is 22.5 Å². The zero-order chi connectivity index (χ0) is 17.8. The number of amides is 2. The predicted octanol–water partition coefficient (Wildman–Crippen LogP) is 3.70. The van der Waals surface area contributed by atoms with E-state index in [1.54, 1.807) is 0 Å². The van der Waals surface area contributed by atoms with Gasteiger partial charge in [-0.25, -0.2) is 0 Å². The number of carbonyl (C=O) groups is 2. The number of nitrogens with one attached hydrogen (secondary N) is 3. The molecule has 0 radical (unpaired) electrons. The quantitative estimate of drug-likeness (QED) is 0.753. The van der Waals surface area contributed by atoms with Crippen molar-refractivity contribution in [2.24, 2.45) is 5.92 Å². The lowest BCUT2D eigenvalue weighted by molar-refractivity contribution is -0.117. The molecule has 2 aromatic rings. The molecule has 3 rings (SSSR count). The van der Waals surface area contributed by atoms with Gasteiger partial charge in [0.25, 0.3) is 0 Å². The van der Waals surface area contributed by atoms with Crippen LogP contribution in [-0.4, -0.2) is 18.4 Å². The summed E-state index contributed by atoms with van der Waals surface area (Å²) in [6.45, 7) is 4.18. The highest BCUT2D eigenvalue weighted by Crippen LogP contribution is 2.30. The standard InChI is InChI=1S/C20H23N3O2/c1-13-3-10-18(14(2)11-13)23-19(24)12-21-16-6-8-17(9-7-16)22-20(25)15-4-5-15/h3,6-11,15,21H,4-5,12H2,1-2H3,(H,22,25)(H,23,24). The third-order valence-electron chi connectivity index (χ3n) is 4.21. The number of hydrogen-bond acceptors (Lipinski definition) is 3. The molecule has 0 unspecified atom stereocenters. The van der Waals surface area contributed by atoms with Crippen LogP contribution in [0.4, 0.5) is 17.1 Å². The number of anilines is 3. The van der Waals surface area contributed by atoms with E-state index in [1.807, 2.05) is 56.3 Å². The van der Waals surface area contributed by atoms with Gasteiger partial charge < -0.3 is 16.0 Å². The molecule has 1 fully saturated rings. The van der Waals surface area contributed by atoms with E-state index in [0.29, 0.717) is 0 Å². The first-order chi connectivity index (χ1) is 12.0. The summed E-state index contributed by atoms with van der Waals surface area (Å²) < 4.78 is 0. The van der Waals surface area contributed by atoms with Crippen molar-refractivity contribution in [3.05, 3.63) is 53.6 Å². The summed E-state index contributed by atoms with van der Waals surface area (Å²) in [5.74, 6) is 0.179. The summed E-state index contributed by atoms with van der Waals surface area (Å²) in [7, 11) is 0. The van der Waals surface area contributed by atoms with Gasteiger partial charge >= 0.3 is 0 Å². The van der Waals surface area contributed by atoms with Crippen LogP contribution in [0.2, 0.25) is 0 Å². The van der Waals surface area contributed by atoms with Crippen LogP contribution in [0, 0.1) is 19.8 Å². The largest absolute Gasteiger partial charge is 0.376 e. The number of rotatable bonds is 6. The highest BCUT2D eigenvalue weighted by atomic mass is 16.2. The molecule has 1 aliphatic rings. The molecule has 1 aliphatic carbocycles. The van der Waals surface area contributed by atoms with Crippen LogP contribution in [-0.2, 0) is 9.59 Å². The maximum atomic E-state index is 12.1. The fourth-order valence-electron chi connectivity index (χ4n) is 2.59. The Morgan fingerprint density at radius 2 is 1.64 bits per heavy atom. The molecular weight excluding hydrogens is 314 g/mol. The van der Waals surface area contributed by atoms with Crippen LogP contribution in [0.25, 0.3) is 0 Å². The van der Waals surface area contributed by atoms with Gasteiger partial charge in [-0.15, -0.1) is 0 Å². The Morgan fingerprint density at radius 1 is 0.960 bits per heavy atom. The van der Waals surface area contributed by atoms with E-state index in [4.69, 9.17) is 0 Å². The zero-order valence-electron chi connectivity index (χ0n) is 14.6. The fraction of sp³-hybridized carbons (Fsp3) is 0.300. The topological polar surface area (TPSA) is 70.2 Å². The Balaban J connectivity index is 1.49. The molecule has 0 aliphatic heterocycles. The van der Waals surface area contributed by atoms with Crippen LogP contribution < -0.4 is 16.0 Å². The Hall–Kier alpha value is -2.82. The lowest BCUT2D eigenvalue weighted by Crippen LogP contribution is -2.22. The molecular formula is C20H23N3O2. The molecule has 5 nitrogen and oxygen atoms in total. The van der Waals surface area contributed by atoms with E-state index < -0.39 is 0 Å². The first-order valence-corrected chi connectivity index (χ1v) is 8.53. The van der Waals surface area contributed by atoms with Gasteiger partial charge in [0.05, 0.1) is 6.54 Å². The van der Waals surface area contributed by atoms with Gasteiger partial charge in [0.15, 0.2) is 0 Å². The smallest absolute Gasteiger partial charge is 0.243 e. The third kappa shape index (κ3) is 4.83. The van der Waals surface area contributed by atoms with Crippen LogP contribution >= 0.6 is 0 Å². The number of carbonyl (C=O) groups excluding carboxylic acids is 2. The van der Waals surface area contributed by atoms with Crippen molar-refractivity contribution in [3.8, 4) is 0 Å². The van der Waals surface area contributed by atoms with Gasteiger partial charge in [-0.3, -0.25) is 9.59 Å². The molecule has 0 atom stereocenters. The van der Waals surface area contributed by atoms with Crippen molar-refractivity contribution < 1.29 is 9.59 Å². The van der Waals surface area contributed by atoms with E-state index in [2.05, 4.69) is 16.0 Å². The first-order valence-electron chi connectivity index (χ1n) is 8.53. The summed E-state index contributed by atoms with van der Waals surface area (Å²) in [6, 6.07) is 13.3. The first kappa shape index (κ1) is 17.0. The second kappa shape index (κ2) is 7.38. The Kier molecular flexibility index (Phi) is 5.03. The van der Waals surface area contributed by atoms with Gasteiger partial charge in [0, 0.05) is 23.0 Å². The maximum absolute atomic E-state index is 12.1. The molecule has 2 amide bonds. The highest BCUT2D eigenvalue weighted by molar-refractivity contribution is 5.95. The molecule has 0 heterocycles. The molecule has 0 spiro atoms. The fourth-order valence-corrected chi connectivity index (χ4v) is 2.59. The predicted molar refractivity (Wildman–Crippen MR) is 101 cm³/mol. The third-order valence-corrected chi connectivity index (χ3v) is 4.21. The summed E-state index contributed by atoms with van der Waals surface area (Å²) in [5, 5.41) is 8.89. The zero-order valence-corrected chi connectivity index (χ0v) is 14.6. The van der Waals surface area contributed by atoms with Gasteiger partial charge in [-0.1, -0.05) is 17.7 Å². The van der Waals surface area contributed by atoms with Gasteiger partial charge in [-0.2, -0.15) is 0 Å². The molecule has 0 aromatic heterocycles. The molecule has 25 heavy (non-hydrogen) atoms. The number of aryl methyl sites for hydroxylation is 2. The van der Waals surface area contributed by atoms with Crippen molar-refractivity contribution in [2.45, 2.75) is 26.7 Å². The van der Waals surface area contributed by atoms with Gasteiger partial charge in [-0.05, 0) is 62.6 Å². The van der Waals surface area contributed by atoms with Crippen LogP contribution in [0.5, 0.6) is 0 Å².